The molecular weight excluding hydrogens is 426 g/mol. The molecule has 6 nitrogen and oxygen atoms in total. The van der Waals surface area contributed by atoms with Crippen LogP contribution in [0.2, 0.25) is 5.02 Å². The van der Waals surface area contributed by atoms with E-state index in [1.807, 2.05) is 43.3 Å². The molecule has 164 valence electrons. The maximum absolute atomic E-state index is 6.55. The average Bonchev–Trinajstić information content (AvgIpc) is 3.43. The lowest BCUT2D eigenvalue weighted by atomic mass is 9.93. The molecule has 2 aliphatic rings. The molecule has 0 fully saturated rings. The van der Waals surface area contributed by atoms with Crippen LogP contribution in [-0.4, -0.2) is 25.5 Å². The van der Waals surface area contributed by atoms with Gasteiger partial charge in [-0.15, -0.1) is 0 Å². The Morgan fingerprint density at radius 1 is 1.31 bits per heavy atom. The summed E-state index contributed by atoms with van der Waals surface area (Å²) in [5, 5.41) is 8.32. The van der Waals surface area contributed by atoms with Crippen molar-refractivity contribution in [2.45, 2.75) is 32.4 Å². The van der Waals surface area contributed by atoms with Gasteiger partial charge < -0.3 is 19.3 Å². The lowest BCUT2D eigenvalue weighted by molar-refractivity contribution is 0.188. The van der Waals surface area contributed by atoms with Crippen LogP contribution in [0.5, 0.6) is 11.5 Å². The van der Waals surface area contributed by atoms with Crippen LogP contribution in [0.1, 0.15) is 46.7 Å². The number of benzene rings is 2. The van der Waals surface area contributed by atoms with Gasteiger partial charge in [-0.2, -0.15) is 0 Å². The molecular formula is C25H24ClN3O3. The Kier molecular flexibility index (Phi) is 5.49. The van der Waals surface area contributed by atoms with Gasteiger partial charge in [0, 0.05) is 53.2 Å². The molecule has 0 bridgehead atoms. The van der Waals surface area contributed by atoms with Crippen LogP contribution in [0.3, 0.4) is 0 Å². The second-order valence-electron chi connectivity index (χ2n) is 7.89. The van der Waals surface area contributed by atoms with Gasteiger partial charge in [0.05, 0.1) is 18.5 Å². The minimum absolute atomic E-state index is 0.237. The quantitative estimate of drug-likeness (QED) is 0.525. The van der Waals surface area contributed by atoms with E-state index in [-0.39, 0.29) is 6.10 Å². The highest BCUT2D eigenvalue weighted by atomic mass is 35.5. The van der Waals surface area contributed by atoms with E-state index in [0.717, 1.165) is 76.0 Å². The highest BCUT2D eigenvalue weighted by Gasteiger charge is 2.34. The molecule has 5 rings (SSSR count). The minimum Gasteiger partial charge on any atom is -0.497 e. The van der Waals surface area contributed by atoms with Gasteiger partial charge in [-0.3, -0.25) is 4.99 Å². The van der Waals surface area contributed by atoms with Gasteiger partial charge in [0.1, 0.15) is 11.5 Å². The van der Waals surface area contributed by atoms with Crippen LogP contribution in [0.4, 0.5) is 5.69 Å². The number of nitrogens with zero attached hydrogens (tertiary/aromatic N) is 2. The first kappa shape index (κ1) is 20.8. The zero-order valence-corrected chi connectivity index (χ0v) is 18.8. The van der Waals surface area contributed by atoms with Crippen molar-refractivity contribution in [3.05, 3.63) is 75.1 Å². The number of rotatable bonds is 5. The number of ether oxygens (including phenoxy) is 2. The van der Waals surface area contributed by atoms with Crippen LogP contribution in [-0.2, 0) is 19.4 Å². The summed E-state index contributed by atoms with van der Waals surface area (Å²) in [6, 6.07) is 9.62. The summed E-state index contributed by atoms with van der Waals surface area (Å²) < 4.78 is 17.7. The van der Waals surface area contributed by atoms with Crippen molar-refractivity contribution in [3.8, 4) is 11.5 Å². The molecule has 3 aromatic rings. The van der Waals surface area contributed by atoms with E-state index >= 15 is 0 Å². The third-order valence-electron chi connectivity index (χ3n) is 6.07. The number of methoxy groups -OCH3 is 1. The second-order valence-corrected chi connectivity index (χ2v) is 8.33. The maximum atomic E-state index is 6.55. The van der Waals surface area contributed by atoms with Crippen LogP contribution in [0.15, 0.2) is 45.9 Å². The molecule has 3 heterocycles. The first-order chi connectivity index (χ1) is 15.6. The van der Waals surface area contributed by atoms with Crippen LogP contribution in [0, 0.1) is 0 Å². The van der Waals surface area contributed by atoms with Crippen molar-refractivity contribution in [2.24, 2.45) is 4.99 Å². The zero-order valence-electron chi connectivity index (χ0n) is 18.1. The van der Waals surface area contributed by atoms with E-state index in [1.165, 1.54) is 0 Å². The first-order valence-electron chi connectivity index (χ1n) is 10.6. The molecule has 1 atom stereocenters. The van der Waals surface area contributed by atoms with E-state index in [4.69, 9.17) is 25.6 Å². The van der Waals surface area contributed by atoms with E-state index in [1.54, 1.807) is 7.11 Å². The van der Waals surface area contributed by atoms with Crippen molar-refractivity contribution < 1.29 is 14.0 Å². The van der Waals surface area contributed by atoms with Gasteiger partial charge in [-0.05, 0) is 49.5 Å². The molecule has 7 heteroatoms. The lowest BCUT2D eigenvalue weighted by Gasteiger charge is -2.17. The number of hydrogen-bond acceptors (Lipinski definition) is 6. The van der Waals surface area contributed by atoms with E-state index in [2.05, 4.69) is 22.2 Å². The number of hydrogen-bond donors (Lipinski definition) is 1. The van der Waals surface area contributed by atoms with Gasteiger partial charge in [-0.1, -0.05) is 22.8 Å². The van der Waals surface area contributed by atoms with Crippen molar-refractivity contribution in [1.29, 1.82) is 0 Å². The number of fused-ring (bicyclic) bond motifs is 2. The fourth-order valence-corrected chi connectivity index (χ4v) is 4.78. The van der Waals surface area contributed by atoms with E-state index < -0.39 is 0 Å². The first-order valence-corrected chi connectivity index (χ1v) is 11.0. The number of allylic oxidation sites excluding steroid dienone is 1. The fraction of sp³-hybridized carbons (Fsp3) is 0.280. The zero-order chi connectivity index (χ0) is 22.2. The monoisotopic (exact) mass is 449 g/mol. The minimum atomic E-state index is -0.237. The molecule has 32 heavy (non-hydrogen) atoms. The normalized spacial score (nSPS) is 17.5. The Morgan fingerprint density at radius 3 is 2.97 bits per heavy atom. The molecule has 0 saturated carbocycles. The van der Waals surface area contributed by atoms with Gasteiger partial charge in [0.25, 0.3) is 0 Å². The molecule has 0 amide bonds. The number of aliphatic imine (C=N–C) groups is 1. The Balaban J connectivity index is 1.58. The summed E-state index contributed by atoms with van der Waals surface area (Å²) in [4.78, 5) is 4.21. The van der Waals surface area contributed by atoms with Crippen LogP contribution in [0.25, 0.3) is 5.57 Å². The molecule has 1 aromatic heterocycles. The standard InChI is InChI=1S/C25H24ClN3O3/c1-4-17(18-12-16(30-3)5-6-21(18)27-2)19-11-15(26)9-14-10-23(31-24(14)19)25-20-13-28-8-7-22(20)29-32-25/h4-6,9,11-12,23,28H,2,7-8,10,13H2,1,3H3/b17-4+/t23-/m1/s1. The molecule has 2 aliphatic heterocycles. The molecule has 0 spiro atoms. The number of nitrogens with one attached hydrogen (secondary N) is 1. The van der Waals surface area contributed by atoms with Crippen LogP contribution < -0.4 is 14.8 Å². The van der Waals surface area contributed by atoms with Crippen molar-refractivity contribution >= 4 is 29.6 Å². The van der Waals surface area contributed by atoms with E-state index in [0.29, 0.717) is 11.4 Å². The Labute approximate surface area is 191 Å². The second kappa shape index (κ2) is 8.45. The summed E-state index contributed by atoms with van der Waals surface area (Å²) in [6.45, 7) is 7.38. The van der Waals surface area contributed by atoms with Gasteiger partial charge in [0.15, 0.2) is 11.9 Å². The maximum Gasteiger partial charge on any atom is 0.182 e. The molecule has 2 aromatic carbocycles. The van der Waals surface area contributed by atoms with E-state index in [9.17, 15) is 0 Å². The molecule has 0 aliphatic carbocycles. The Hall–Kier alpha value is -3.09. The van der Waals surface area contributed by atoms with Crippen LogP contribution >= 0.6 is 11.6 Å². The summed E-state index contributed by atoms with van der Waals surface area (Å²) in [5.74, 6) is 2.34. The van der Waals surface area contributed by atoms with Crippen molar-refractivity contribution in [2.75, 3.05) is 13.7 Å². The molecule has 0 saturated heterocycles. The third kappa shape index (κ3) is 3.49. The topological polar surface area (TPSA) is 68.9 Å². The molecule has 0 radical (unpaired) electrons. The van der Waals surface area contributed by atoms with Crippen molar-refractivity contribution in [3.63, 3.8) is 0 Å². The van der Waals surface area contributed by atoms with Gasteiger partial charge in [-0.25, -0.2) is 0 Å². The fourth-order valence-electron chi connectivity index (χ4n) is 4.54. The Morgan fingerprint density at radius 2 is 2.19 bits per heavy atom. The smallest absolute Gasteiger partial charge is 0.182 e. The predicted molar refractivity (Wildman–Crippen MR) is 125 cm³/mol. The Bertz CT molecular complexity index is 1230. The number of halogens is 1. The summed E-state index contributed by atoms with van der Waals surface area (Å²) in [7, 11) is 1.65. The lowest BCUT2D eigenvalue weighted by Crippen LogP contribution is -2.24. The van der Waals surface area contributed by atoms with Gasteiger partial charge >= 0.3 is 0 Å². The summed E-state index contributed by atoms with van der Waals surface area (Å²) in [6.07, 6.45) is 3.34. The highest BCUT2D eigenvalue weighted by Crippen LogP contribution is 2.47. The summed E-state index contributed by atoms with van der Waals surface area (Å²) in [5.41, 5.74) is 6.69. The summed E-state index contributed by atoms with van der Waals surface area (Å²) >= 11 is 6.55. The van der Waals surface area contributed by atoms with Crippen molar-refractivity contribution in [1.82, 2.24) is 10.5 Å². The van der Waals surface area contributed by atoms with Gasteiger partial charge in [0.2, 0.25) is 0 Å². The number of aromatic nitrogens is 1. The molecule has 0 unspecified atom stereocenters. The SMILES string of the molecule is C=Nc1ccc(OC)cc1/C(=C\C)c1cc(Cl)cc2c1O[C@@H](c1onc3c1CNCC3)C2. The predicted octanol–water partition coefficient (Wildman–Crippen LogP) is 5.44. The third-order valence-corrected chi connectivity index (χ3v) is 6.29. The average molecular weight is 450 g/mol. The molecule has 1 N–H and O–H groups in total. The largest absolute Gasteiger partial charge is 0.497 e. The highest BCUT2D eigenvalue weighted by molar-refractivity contribution is 6.31.